The molecule has 0 N–H and O–H groups in total. The third-order valence-corrected chi connectivity index (χ3v) is 8.92. The Kier molecular flexibility index (Phi) is 9.64. The number of carbonyl (C=O) groups excluding carboxylic acids is 1. The highest BCUT2D eigenvalue weighted by Crippen LogP contribution is 2.32. The van der Waals surface area contributed by atoms with Gasteiger partial charge in [-0.3, -0.25) is 4.79 Å². The summed E-state index contributed by atoms with van der Waals surface area (Å²) in [5.74, 6) is 1.06. The van der Waals surface area contributed by atoms with Crippen molar-refractivity contribution < 1.29 is 4.79 Å². The molecule has 0 saturated carbocycles. The first-order chi connectivity index (χ1) is 19.2. The first kappa shape index (κ1) is 27.8. The predicted molar refractivity (Wildman–Crippen MR) is 164 cm³/mol. The van der Waals surface area contributed by atoms with Gasteiger partial charge in [-0.25, -0.2) is 9.97 Å². The molecule has 7 heteroatoms. The number of carbonyl (C=O) groups is 1. The van der Waals surface area contributed by atoms with Crippen LogP contribution in [0.15, 0.2) is 42.5 Å². The van der Waals surface area contributed by atoms with E-state index in [0.717, 1.165) is 91.2 Å². The van der Waals surface area contributed by atoms with Crippen molar-refractivity contribution in [1.82, 2.24) is 24.3 Å². The lowest BCUT2D eigenvalue weighted by molar-refractivity contribution is 0.0751. The van der Waals surface area contributed by atoms with E-state index < -0.39 is 0 Å². The van der Waals surface area contributed by atoms with E-state index in [1.165, 1.54) is 43.5 Å². The standard InChI is InChI=1S/C32H43N5OS/c1-3-5-21-36(22-6-4-2)32(38)25-16-17-26-28(24-25)37(23-13-12-20-35-18-10-7-11-19-35)30(33-26)31-34-27-14-8-9-15-29(27)39-31/h8-9,14-17,24H,3-7,10-13,18-23H2,1-2H3. The molecule has 0 radical (unpaired) electrons. The van der Waals surface area contributed by atoms with Gasteiger partial charge in [-0.05, 0) is 88.5 Å². The van der Waals surface area contributed by atoms with Crippen LogP contribution in [0, 0.1) is 0 Å². The van der Waals surface area contributed by atoms with Gasteiger partial charge < -0.3 is 14.4 Å². The van der Waals surface area contributed by atoms with Crippen molar-refractivity contribution in [3.05, 3.63) is 48.0 Å². The molecule has 1 aliphatic rings. The zero-order valence-electron chi connectivity index (χ0n) is 23.7. The van der Waals surface area contributed by atoms with Crippen LogP contribution in [0.4, 0.5) is 0 Å². The number of nitrogens with zero attached hydrogens (tertiary/aromatic N) is 5. The molecule has 208 valence electrons. The summed E-state index contributed by atoms with van der Waals surface area (Å²) in [7, 11) is 0. The molecule has 39 heavy (non-hydrogen) atoms. The number of hydrogen-bond acceptors (Lipinski definition) is 5. The summed E-state index contributed by atoms with van der Waals surface area (Å²) in [4.78, 5) is 28.3. The van der Waals surface area contributed by atoms with Crippen molar-refractivity contribution in [1.29, 1.82) is 0 Å². The number of para-hydroxylation sites is 1. The molecule has 0 spiro atoms. The fraction of sp³-hybridized carbons (Fsp3) is 0.531. The number of rotatable bonds is 13. The van der Waals surface area contributed by atoms with Crippen molar-refractivity contribution in [2.24, 2.45) is 0 Å². The molecule has 1 saturated heterocycles. The lowest BCUT2D eigenvalue weighted by Gasteiger charge is -2.26. The van der Waals surface area contributed by atoms with Gasteiger partial charge in [0.25, 0.3) is 5.91 Å². The number of fused-ring (bicyclic) bond motifs is 2. The largest absolute Gasteiger partial charge is 0.339 e. The number of aromatic nitrogens is 3. The lowest BCUT2D eigenvalue weighted by Crippen LogP contribution is -2.33. The smallest absolute Gasteiger partial charge is 0.253 e. The number of piperidine rings is 1. The molecule has 4 aromatic rings. The second kappa shape index (κ2) is 13.5. The van der Waals surface area contributed by atoms with Gasteiger partial charge in [0.05, 0.1) is 21.3 Å². The number of imidazole rings is 1. The van der Waals surface area contributed by atoms with Gasteiger partial charge in [0.2, 0.25) is 0 Å². The summed E-state index contributed by atoms with van der Waals surface area (Å²) in [5.41, 5.74) is 3.75. The fourth-order valence-corrected chi connectivity index (χ4v) is 6.56. The van der Waals surface area contributed by atoms with Crippen LogP contribution in [0.2, 0.25) is 0 Å². The highest BCUT2D eigenvalue weighted by Gasteiger charge is 2.20. The molecular weight excluding hydrogens is 502 g/mol. The SMILES string of the molecule is CCCCN(CCCC)C(=O)c1ccc2nc(-c3nc4ccccc4s3)n(CCCCN3CCCCC3)c2c1. The van der Waals surface area contributed by atoms with E-state index in [-0.39, 0.29) is 5.91 Å². The number of aryl methyl sites for hydroxylation is 1. The Morgan fingerprint density at radius 1 is 0.872 bits per heavy atom. The summed E-state index contributed by atoms with van der Waals surface area (Å²) in [5, 5.41) is 0.948. The topological polar surface area (TPSA) is 54.3 Å². The van der Waals surface area contributed by atoms with Gasteiger partial charge in [-0.15, -0.1) is 11.3 Å². The number of thiazole rings is 1. The average molecular weight is 546 g/mol. The van der Waals surface area contributed by atoms with E-state index in [1.807, 2.05) is 23.1 Å². The van der Waals surface area contributed by atoms with Crippen LogP contribution >= 0.6 is 11.3 Å². The Bertz CT molecular complexity index is 1330. The van der Waals surface area contributed by atoms with E-state index in [2.05, 4.69) is 47.6 Å². The third kappa shape index (κ3) is 6.69. The summed E-state index contributed by atoms with van der Waals surface area (Å²) >= 11 is 1.70. The first-order valence-electron chi connectivity index (χ1n) is 15.1. The summed E-state index contributed by atoms with van der Waals surface area (Å²) in [6, 6.07) is 14.4. The zero-order valence-corrected chi connectivity index (χ0v) is 24.5. The van der Waals surface area contributed by atoms with Gasteiger partial charge in [0.1, 0.15) is 0 Å². The molecule has 2 aromatic heterocycles. The minimum atomic E-state index is 0.137. The second-order valence-corrected chi connectivity index (χ2v) is 11.9. The Morgan fingerprint density at radius 3 is 2.36 bits per heavy atom. The third-order valence-electron chi connectivity index (χ3n) is 7.89. The number of hydrogen-bond donors (Lipinski definition) is 0. The minimum Gasteiger partial charge on any atom is -0.339 e. The molecule has 2 aromatic carbocycles. The van der Waals surface area contributed by atoms with Gasteiger partial charge in [-0.1, -0.05) is 45.2 Å². The molecule has 6 nitrogen and oxygen atoms in total. The van der Waals surface area contributed by atoms with Crippen molar-refractivity contribution in [2.45, 2.75) is 78.2 Å². The number of unbranched alkanes of at least 4 members (excludes halogenated alkanes) is 3. The Balaban J connectivity index is 1.44. The second-order valence-electron chi connectivity index (χ2n) is 10.9. The lowest BCUT2D eigenvalue weighted by atomic mass is 10.1. The molecule has 0 unspecified atom stereocenters. The summed E-state index contributed by atoms with van der Waals surface area (Å²) in [6.07, 6.45) is 10.5. The fourth-order valence-electron chi connectivity index (χ4n) is 5.60. The van der Waals surface area contributed by atoms with Crippen LogP contribution in [-0.4, -0.2) is 63.0 Å². The van der Waals surface area contributed by atoms with E-state index in [4.69, 9.17) is 9.97 Å². The summed E-state index contributed by atoms with van der Waals surface area (Å²) < 4.78 is 3.50. The van der Waals surface area contributed by atoms with Crippen molar-refractivity contribution >= 4 is 38.5 Å². The van der Waals surface area contributed by atoms with Crippen LogP contribution in [-0.2, 0) is 6.54 Å². The molecule has 0 bridgehead atoms. The van der Waals surface area contributed by atoms with E-state index in [0.29, 0.717) is 0 Å². The van der Waals surface area contributed by atoms with Crippen molar-refractivity contribution in [2.75, 3.05) is 32.7 Å². The number of amides is 1. The number of likely N-dealkylation sites (tertiary alicyclic amines) is 1. The highest BCUT2D eigenvalue weighted by molar-refractivity contribution is 7.21. The maximum Gasteiger partial charge on any atom is 0.253 e. The normalized spacial score (nSPS) is 14.4. The van der Waals surface area contributed by atoms with Crippen LogP contribution in [0.1, 0.15) is 82.0 Å². The molecular formula is C32H43N5OS. The van der Waals surface area contributed by atoms with Crippen LogP contribution in [0.5, 0.6) is 0 Å². The molecule has 3 heterocycles. The highest BCUT2D eigenvalue weighted by atomic mass is 32.1. The molecule has 0 aliphatic carbocycles. The maximum absolute atomic E-state index is 13.6. The van der Waals surface area contributed by atoms with Crippen molar-refractivity contribution in [3.8, 4) is 10.8 Å². The van der Waals surface area contributed by atoms with Gasteiger partial charge in [0, 0.05) is 25.2 Å². The molecule has 0 atom stereocenters. The minimum absolute atomic E-state index is 0.137. The van der Waals surface area contributed by atoms with Crippen molar-refractivity contribution in [3.63, 3.8) is 0 Å². The van der Waals surface area contributed by atoms with E-state index >= 15 is 0 Å². The Hall–Kier alpha value is -2.77. The quantitative estimate of drug-likeness (QED) is 0.162. The average Bonchev–Trinajstić information content (AvgIpc) is 3.57. The first-order valence-corrected chi connectivity index (χ1v) is 15.9. The zero-order chi connectivity index (χ0) is 27.0. The van der Waals surface area contributed by atoms with Crippen LogP contribution in [0.25, 0.3) is 32.1 Å². The number of benzene rings is 2. The van der Waals surface area contributed by atoms with Gasteiger partial charge >= 0.3 is 0 Å². The van der Waals surface area contributed by atoms with Gasteiger partial charge in [0.15, 0.2) is 10.8 Å². The van der Waals surface area contributed by atoms with Gasteiger partial charge in [-0.2, -0.15) is 0 Å². The van der Waals surface area contributed by atoms with E-state index in [1.54, 1.807) is 11.3 Å². The summed E-state index contributed by atoms with van der Waals surface area (Å²) in [6.45, 7) is 10.5. The molecule has 1 fully saturated rings. The van der Waals surface area contributed by atoms with Crippen LogP contribution in [0.3, 0.4) is 0 Å². The Labute approximate surface area is 237 Å². The maximum atomic E-state index is 13.6. The molecule has 5 rings (SSSR count). The molecule has 1 aliphatic heterocycles. The van der Waals surface area contributed by atoms with Crippen LogP contribution < -0.4 is 0 Å². The molecule has 1 amide bonds. The van der Waals surface area contributed by atoms with E-state index in [9.17, 15) is 4.79 Å². The Morgan fingerprint density at radius 2 is 1.62 bits per heavy atom. The predicted octanol–water partition coefficient (Wildman–Crippen LogP) is 7.62. The monoisotopic (exact) mass is 545 g/mol.